The molecule has 4 N–H and O–H groups in total. The van der Waals surface area contributed by atoms with Crippen molar-refractivity contribution in [3.8, 4) is 22.5 Å². The van der Waals surface area contributed by atoms with E-state index in [0.717, 1.165) is 102 Å². The van der Waals surface area contributed by atoms with Crippen LogP contribution in [-0.4, -0.2) is 84.2 Å². The Morgan fingerprint density at radius 2 is 1.40 bits per heavy atom. The largest absolute Gasteiger partial charge is 0.382 e. The van der Waals surface area contributed by atoms with Crippen molar-refractivity contribution in [1.29, 1.82) is 0 Å². The molecule has 2 saturated heterocycles. The Morgan fingerprint density at radius 1 is 0.759 bits per heavy atom. The number of hydrogen-bond donors (Lipinski definition) is 3. The lowest BCUT2D eigenvalue weighted by Gasteiger charge is -2.35. The fourth-order valence-corrected chi connectivity index (χ4v) is 7.71. The number of hydrogen-bond acceptors (Lipinski definition) is 13. The number of rotatable bonds is 5. The zero-order chi connectivity index (χ0) is 40.2. The van der Waals surface area contributed by atoms with Crippen LogP contribution < -0.4 is 31.1 Å². The fourth-order valence-electron chi connectivity index (χ4n) is 7.71. The molecule has 4 aliphatic heterocycles. The van der Waals surface area contributed by atoms with Crippen LogP contribution in [0.2, 0.25) is 0 Å². The quantitative estimate of drug-likeness (QED) is 0.173. The predicted molar refractivity (Wildman–Crippen MR) is 228 cm³/mol. The summed E-state index contributed by atoms with van der Waals surface area (Å²) in [7, 11) is 0. The first-order chi connectivity index (χ1) is 28.2. The number of aryl methyl sites for hydroxylation is 4. The van der Waals surface area contributed by atoms with E-state index in [1.54, 1.807) is 35.9 Å². The van der Waals surface area contributed by atoms with Gasteiger partial charge in [-0.1, -0.05) is 13.8 Å². The molecule has 4 aliphatic rings. The van der Waals surface area contributed by atoms with Crippen LogP contribution in [0.4, 0.5) is 39.4 Å². The van der Waals surface area contributed by atoms with Crippen LogP contribution in [0.1, 0.15) is 49.5 Å². The Balaban J connectivity index is 0.000000142. The van der Waals surface area contributed by atoms with E-state index in [-0.39, 0.29) is 12.1 Å². The molecule has 15 heteroatoms. The van der Waals surface area contributed by atoms with Gasteiger partial charge in [0.15, 0.2) is 17.5 Å². The van der Waals surface area contributed by atoms with Gasteiger partial charge in [-0.15, -0.1) is 0 Å². The zero-order valence-corrected chi connectivity index (χ0v) is 33.3. The summed E-state index contributed by atoms with van der Waals surface area (Å²) < 4.78 is 0. The topological polar surface area (TPSA) is 180 Å². The minimum atomic E-state index is -0.221. The number of anilines is 6. The average Bonchev–Trinajstić information content (AvgIpc) is 3.85. The molecule has 0 aromatic carbocycles. The fraction of sp³-hybridized carbons (Fsp3) is 0.326. The third kappa shape index (κ3) is 8.33. The Bertz CT molecular complexity index is 2420. The minimum absolute atomic E-state index is 0.0849. The molecule has 6 aromatic heterocycles. The van der Waals surface area contributed by atoms with Crippen molar-refractivity contribution in [3.63, 3.8) is 0 Å². The standard InChI is InChI=1S/C22H23N7O.C15H16N4.C6H9N3/c1-3-16-11-23-12-20(25-16)27-22(30)29-17-7-9-28(13-17)19-5-4-18(26-21(19)29)15-6-8-24-14(2)10-15;1-10-8-11(4-6-16-10)13-2-3-14-15(18-13)17-12-5-7-19(14)9-12;1-2-5-3-8-4-6(7)9-5/h4-6,8,10-12,17H,3,7,9,13H2,1-2H3,(H,25,27,30);2-4,6,8,12H,5,7,9H2,1H3,(H,17,18);3-4H,2H2,1H3,(H2,7,9)/t17-;12-;/m00./s1. The molecule has 4 bridgehead atoms. The van der Waals surface area contributed by atoms with Crippen molar-refractivity contribution < 1.29 is 4.79 Å². The smallest absolute Gasteiger partial charge is 0.329 e. The molecule has 0 aliphatic carbocycles. The number of nitrogens with zero attached hydrogens (tertiary/aromatic N) is 11. The summed E-state index contributed by atoms with van der Waals surface area (Å²) in [4.78, 5) is 54.5. The van der Waals surface area contributed by atoms with E-state index in [9.17, 15) is 4.79 Å². The van der Waals surface area contributed by atoms with E-state index >= 15 is 0 Å². The van der Waals surface area contributed by atoms with Gasteiger partial charge in [0.1, 0.15) is 5.82 Å². The van der Waals surface area contributed by atoms with Gasteiger partial charge in [-0.2, -0.15) is 0 Å². The lowest BCUT2D eigenvalue weighted by atomic mass is 10.1. The Hall–Kier alpha value is -6.77. The van der Waals surface area contributed by atoms with Crippen molar-refractivity contribution >= 4 is 40.7 Å². The van der Waals surface area contributed by atoms with E-state index in [1.807, 2.05) is 58.2 Å². The lowest BCUT2D eigenvalue weighted by molar-refractivity contribution is 0.254. The molecule has 58 heavy (non-hydrogen) atoms. The molecule has 296 valence electrons. The minimum Gasteiger partial charge on any atom is -0.382 e. The molecule has 0 spiro atoms. The van der Waals surface area contributed by atoms with Gasteiger partial charge < -0.3 is 20.9 Å². The second-order valence-corrected chi connectivity index (χ2v) is 14.8. The summed E-state index contributed by atoms with van der Waals surface area (Å²) in [5, 5.41) is 6.47. The SMILES string of the molecule is CCc1cncc(N)n1.CCc1cncc(NC(=O)N2c3nc(-c4ccnc(C)c4)ccc3N3CC[C@H]2C3)n1.Cc1cc(-c2ccc3c(n2)N[C@H]2CCN3C2)ccn1. The summed E-state index contributed by atoms with van der Waals surface area (Å²) in [5.41, 5.74) is 15.3. The summed E-state index contributed by atoms with van der Waals surface area (Å²) in [6.07, 6.45) is 13.9. The van der Waals surface area contributed by atoms with Crippen molar-refractivity contribution in [3.05, 3.63) is 108 Å². The number of nitrogens with one attached hydrogen (secondary N) is 2. The number of nitrogen functional groups attached to an aromatic ring is 1. The molecular formula is C43H48N14O. The molecule has 2 fully saturated rings. The molecule has 15 nitrogen and oxygen atoms in total. The highest BCUT2D eigenvalue weighted by molar-refractivity contribution is 6.04. The molecule has 6 aromatic rings. The number of pyridine rings is 4. The van der Waals surface area contributed by atoms with Crippen LogP contribution in [0.25, 0.3) is 22.5 Å². The summed E-state index contributed by atoms with van der Waals surface area (Å²) >= 11 is 0. The van der Waals surface area contributed by atoms with Crippen LogP contribution in [0.5, 0.6) is 0 Å². The summed E-state index contributed by atoms with van der Waals surface area (Å²) in [6.45, 7) is 12.0. The maximum Gasteiger partial charge on any atom is 0.329 e. The van der Waals surface area contributed by atoms with Gasteiger partial charge in [0.25, 0.3) is 0 Å². The van der Waals surface area contributed by atoms with Crippen LogP contribution in [0, 0.1) is 13.8 Å². The van der Waals surface area contributed by atoms with Gasteiger partial charge in [-0.05, 0) is 88.1 Å². The van der Waals surface area contributed by atoms with Gasteiger partial charge in [-0.25, -0.2) is 24.7 Å². The van der Waals surface area contributed by atoms with E-state index in [4.69, 9.17) is 15.7 Å². The van der Waals surface area contributed by atoms with Gasteiger partial charge in [-0.3, -0.25) is 30.2 Å². The molecule has 10 heterocycles. The third-order valence-electron chi connectivity index (χ3n) is 10.6. The molecule has 0 unspecified atom stereocenters. The van der Waals surface area contributed by atoms with E-state index < -0.39 is 0 Å². The third-order valence-corrected chi connectivity index (χ3v) is 10.6. The number of carbonyl (C=O) groups is 1. The van der Waals surface area contributed by atoms with Gasteiger partial charge >= 0.3 is 6.03 Å². The molecule has 0 radical (unpaired) electrons. The number of fused-ring (bicyclic) bond motifs is 8. The molecule has 2 amide bonds. The lowest BCUT2D eigenvalue weighted by Crippen LogP contribution is -2.48. The first-order valence-corrected chi connectivity index (χ1v) is 19.9. The number of nitrogens with two attached hydrogens (primary N) is 1. The first kappa shape index (κ1) is 38.1. The van der Waals surface area contributed by atoms with Crippen LogP contribution >= 0.6 is 0 Å². The highest BCUT2D eigenvalue weighted by Gasteiger charge is 2.40. The zero-order valence-electron chi connectivity index (χ0n) is 33.3. The Kier molecular flexibility index (Phi) is 11.0. The van der Waals surface area contributed by atoms with Crippen LogP contribution in [0.15, 0.2) is 85.7 Å². The van der Waals surface area contributed by atoms with Gasteiger partial charge in [0.05, 0.1) is 52.6 Å². The predicted octanol–water partition coefficient (Wildman–Crippen LogP) is 6.51. The number of carbonyl (C=O) groups excluding carboxylic acids is 1. The monoisotopic (exact) mass is 776 g/mol. The molecular weight excluding hydrogens is 729 g/mol. The number of urea groups is 1. The number of aromatic nitrogens is 8. The van der Waals surface area contributed by atoms with Crippen molar-refractivity contribution in [2.45, 2.75) is 65.5 Å². The molecule has 0 saturated carbocycles. The van der Waals surface area contributed by atoms with Crippen molar-refractivity contribution in [1.82, 2.24) is 39.9 Å². The highest BCUT2D eigenvalue weighted by atomic mass is 16.2. The molecule has 2 atom stereocenters. The second-order valence-electron chi connectivity index (χ2n) is 14.8. The van der Waals surface area contributed by atoms with E-state index in [0.29, 0.717) is 23.5 Å². The normalized spacial score (nSPS) is 16.9. The number of amides is 2. The maximum atomic E-state index is 13.3. The van der Waals surface area contributed by atoms with Crippen LogP contribution in [-0.2, 0) is 12.8 Å². The first-order valence-electron chi connectivity index (χ1n) is 19.9. The maximum absolute atomic E-state index is 13.3. The van der Waals surface area contributed by atoms with Crippen molar-refractivity contribution in [2.75, 3.05) is 57.2 Å². The summed E-state index contributed by atoms with van der Waals surface area (Å²) in [6, 6.07) is 16.8. The van der Waals surface area contributed by atoms with E-state index in [1.165, 1.54) is 12.1 Å². The highest BCUT2D eigenvalue weighted by Crippen LogP contribution is 2.40. The van der Waals surface area contributed by atoms with Crippen molar-refractivity contribution in [2.24, 2.45) is 0 Å². The van der Waals surface area contributed by atoms with E-state index in [2.05, 4.69) is 74.6 Å². The second kappa shape index (κ2) is 16.8. The van der Waals surface area contributed by atoms with Gasteiger partial charge in [0.2, 0.25) is 0 Å². The van der Waals surface area contributed by atoms with Gasteiger partial charge in [0, 0.05) is 79.5 Å². The van der Waals surface area contributed by atoms with Crippen LogP contribution in [0.3, 0.4) is 0 Å². The Morgan fingerprint density at radius 3 is 2.07 bits per heavy atom. The summed E-state index contributed by atoms with van der Waals surface area (Å²) in [5.74, 6) is 2.67. The average molecular weight is 777 g/mol. The molecule has 10 rings (SSSR count). The Labute approximate surface area is 338 Å².